The average molecular weight is 230 g/mol. The van der Waals surface area contributed by atoms with Crippen LogP contribution in [0.5, 0.6) is 0 Å². The van der Waals surface area contributed by atoms with Crippen molar-refractivity contribution in [3.8, 4) is 0 Å². The van der Waals surface area contributed by atoms with Gasteiger partial charge in [0.25, 0.3) is 5.78 Å². The van der Waals surface area contributed by atoms with Gasteiger partial charge in [0.1, 0.15) is 0 Å². The van der Waals surface area contributed by atoms with E-state index >= 15 is 0 Å². The van der Waals surface area contributed by atoms with Crippen molar-refractivity contribution in [3.05, 3.63) is 35.4 Å². The van der Waals surface area contributed by atoms with Crippen LogP contribution < -0.4 is 0 Å². The Morgan fingerprint density at radius 3 is 2.06 bits per heavy atom. The van der Waals surface area contributed by atoms with Crippen molar-refractivity contribution in [2.45, 2.75) is 26.4 Å². The number of carbonyl (C=O) groups is 1. The molecule has 0 aromatic heterocycles. The number of ketones is 1. The lowest BCUT2D eigenvalue weighted by Crippen LogP contribution is -2.22. The molecule has 0 atom stereocenters. The summed E-state index contributed by atoms with van der Waals surface area (Å²) in [6.45, 7) is 4.05. The van der Waals surface area contributed by atoms with Crippen LogP contribution in [0.2, 0.25) is 0 Å². The molecule has 0 amide bonds. The Morgan fingerprint density at radius 1 is 1.19 bits per heavy atom. The molecule has 1 rings (SSSR count). The third-order valence-corrected chi connectivity index (χ3v) is 2.12. The summed E-state index contributed by atoms with van der Waals surface area (Å²) in [5.41, 5.74) is 0.633. The van der Waals surface area contributed by atoms with E-state index in [1.165, 1.54) is 12.1 Å². The lowest BCUT2D eigenvalue weighted by Gasteiger charge is -2.07. The molecular formula is C12H13F3O. The molecule has 0 aliphatic heterocycles. The molecule has 1 aromatic carbocycles. The molecule has 0 fully saturated rings. The molecule has 0 unspecified atom stereocenters. The van der Waals surface area contributed by atoms with Gasteiger partial charge in [0, 0.05) is 5.56 Å². The monoisotopic (exact) mass is 230 g/mol. The Balaban J connectivity index is 2.83. The molecule has 0 saturated carbocycles. The Kier molecular flexibility index (Phi) is 3.73. The van der Waals surface area contributed by atoms with Crippen molar-refractivity contribution in [1.82, 2.24) is 0 Å². The normalized spacial score (nSPS) is 11.9. The Morgan fingerprint density at radius 2 is 1.69 bits per heavy atom. The first kappa shape index (κ1) is 12.7. The minimum atomic E-state index is -4.79. The van der Waals surface area contributed by atoms with E-state index in [0.717, 1.165) is 12.0 Å². The van der Waals surface area contributed by atoms with Crippen molar-refractivity contribution in [1.29, 1.82) is 0 Å². The third-order valence-electron chi connectivity index (χ3n) is 2.12. The summed E-state index contributed by atoms with van der Waals surface area (Å²) in [5.74, 6) is -1.35. The zero-order chi connectivity index (χ0) is 12.3. The summed E-state index contributed by atoms with van der Waals surface area (Å²) in [6, 6.07) is 5.60. The fraction of sp³-hybridized carbons (Fsp3) is 0.417. The smallest absolute Gasteiger partial charge is 0.284 e. The number of hydrogen-bond acceptors (Lipinski definition) is 1. The molecule has 0 aliphatic carbocycles. The zero-order valence-electron chi connectivity index (χ0n) is 9.14. The standard InChI is InChI=1S/C12H13F3O/c1-8(2)7-9-3-5-10(6-4-9)11(16)12(13,14)15/h3-6,8H,7H2,1-2H3. The highest BCUT2D eigenvalue weighted by atomic mass is 19.4. The summed E-state index contributed by atoms with van der Waals surface area (Å²) in [6.07, 6.45) is -4.00. The van der Waals surface area contributed by atoms with Gasteiger partial charge in [-0.15, -0.1) is 0 Å². The molecule has 1 nitrogen and oxygen atoms in total. The van der Waals surface area contributed by atoms with Gasteiger partial charge >= 0.3 is 6.18 Å². The van der Waals surface area contributed by atoms with Crippen molar-refractivity contribution in [3.63, 3.8) is 0 Å². The molecule has 0 bridgehead atoms. The van der Waals surface area contributed by atoms with E-state index in [1.807, 2.05) is 13.8 Å². The van der Waals surface area contributed by atoms with Gasteiger partial charge in [0.05, 0.1) is 0 Å². The van der Waals surface area contributed by atoms with Gasteiger partial charge < -0.3 is 0 Å². The summed E-state index contributed by atoms with van der Waals surface area (Å²) in [4.78, 5) is 10.9. The highest BCUT2D eigenvalue weighted by Gasteiger charge is 2.39. The quantitative estimate of drug-likeness (QED) is 0.724. The fourth-order valence-corrected chi connectivity index (χ4v) is 1.43. The van der Waals surface area contributed by atoms with Gasteiger partial charge in [0.15, 0.2) is 0 Å². The lowest BCUT2D eigenvalue weighted by atomic mass is 10.0. The number of halogens is 3. The fourth-order valence-electron chi connectivity index (χ4n) is 1.43. The van der Waals surface area contributed by atoms with E-state index in [2.05, 4.69) is 0 Å². The molecule has 0 radical (unpaired) electrons. The third kappa shape index (κ3) is 3.36. The van der Waals surface area contributed by atoms with Crippen LogP contribution in [-0.4, -0.2) is 12.0 Å². The van der Waals surface area contributed by atoms with Gasteiger partial charge in [-0.05, 0) is 17.9 Å². The van der Waals surface area contributed by atoms with E-state index < -0.39 is 12.0 Å². The van der Waals surface area contributed by atoms with Crippen molar-refractivity contribution in [2.24, 2.45) is 5.92 Å². The van der Waals surface area contributed by atoms with Crippen molar-refractivity contribution < 1.29 is 18.0 Å². The van der Waals surface area contributed by atoms with Crippen LogP contribution in [0.3, 0.4) is 0 Å². The Bertz CT molecular complexity index is 363. The first-order valence-electron chi connectivity index (χ1n) is 5.01. The Hall–Kier alpha value is -1.32. The number of rotatable bonds is 3. The molecule has 88 valence electrons. The van der Waals surface area contributed by atoms with Crippen LogP contribution in [0.15, 0.2) is 24.3 Å². The van der Waals surface area contributed by atoms with Crippen LogP contribution in [0.25, 0.3) is 0 Å². The van der Waals surface area contributed by atoms with Gasteiger partial charge in [-0.25, -0.2) is 0 Å². The molecule has 1 aromatic rings. The number of alkyl halides is 3. The first-order chi connectivity index (χ1) is 7.30. The van der Waals surface area contributed by atoms with Crippen molar-refractivity contribution in [2.75, 3.05) is 0 Å². The Labute approximate surface area is 92.3 Å². The van der Waals surface area contributed by atoms with Crippen molar-refractivity contribution >= 4 is 5.78 Å². The molecule has 0 N–H and O–H groups in total. The number of hydrogen-bond donors (Lipinski definition) is 0. The average Bonchev–Trinajstić information content (AvgIpc) is 2.15. The summed E-state index contributed by atoms with van der Waals surface area (Å²) >= 11 is 0. The van der Waals surface area contributed by atoms with E-state index in [4.69, 9.17) is 0 Å². The predicted octanol–water partition coefficient (Wildman–Crippen LogP) is 3.63. The highest BCUT2D eigenvalue weighted by molar-refractivity contribution is 6.00. The van der Waals surface area contributed by atoms with Crippen LogP contribution in [0.4, 0.5) is 13.2 Å². The summed E-state index contributed by atoms with van der Waals surface area (Å²) < 4.78 is 36.3. The number of benzene rings is 1. The van der Waals surface area contributed by atoms with Gasteiger partial charge in [-0.2, -0.15) is 13.2 Å². The van der Waals surface area contributed by atoms with Gasteiger partial charge in [0.2, 0.25) is 0 Å². The van der Waals surface area contributed by atoms with Gasteiger partial charge in [-0.3, -0.25) is 4.79 Å². The van der Waals surface area contributed by atoms with Crippen LogP contribution in [0.1, 0.15) is 29.8 Å². The highest BCUT2D eigenvalue weighted by Crippen LogP contribution is 2.21. The topological polar surface area (TPSA) is 17.1 Å². The second kappa shape index (κ2) is 4.68. The summed E-state index contributed by atoms with van der Waals surface area (Å²) in [5, 5.41) is 0. The maximum absolute atomic E-state index is 12.1. The zero-order valence-corrected chi connectivity index (χ0v) is 9.14. The second-order valence-electron chi connectivity index (χ2n) is 4.12. The maximum atomic E-state index is 12.1. The molecule has 0 aliphatic rings. The first-order valence-corrected chi connectivity index (χ1v) is 5.01. The molecule has 0 saturated heterocycles. The van der Waals surface area contributed by atoms with Crippen LogP contribution in [-0.2, 0) is 6.42 Å². The lowest BCUT2D eigenvalue weighted by molar-refractivity contribution is -0.0885. The number of Topliss-reactive ketones (excluding diaryl/α,β-unsaturated/α-hetero) is 1. The van der Waals surface area contributed by atoms with Crippen LogP contribution >= 0.6 is 0 Å². The van der Waals surface area contributed by atoms with Crippen LogP contribution in [0, 0.1) is 5.92 Å². The van der Waals surface area contributed by atoms with E-state index in [0.29, 0.717) is 5.92 Å². The molecule has 0 spiro atoms. The molecule has 0 heterocycles. The largest absolute Gasteiger partial charge is 0.454 e. The number of carbonyl (C=O) groups excluding carboxylic acids is 1. The maximum Gasteiger partial charge on any atom is 0.454 e. The summed E-state index contributed by atoms with van der Waals surface area (Å²) in [7, 11) is 0. The van der Waals surface area contributed by atoms with E-state index in [-0.39, 0.29) is 5.56 Å². The minimum Gasteiger partial charge on any atom is -0.284 e. The van der Waals surface area contributed by atoms with Gasteiger partial charge in [-0.1, -0.05) is 38.1 Å². The van der Waals surface area contributed by atoms with E-state index in [9.17, 15) is 18.0 Å². The molecule has 4 heteroatoms. The molecular weight excluding hydrogens is 217 g/mol. The molecule has 16 heavy (non-hydrogen) atoms. The van der Waals surface area contributed by atoms with E-state index in [1.54, 1.807) is 12.1 Å². The predicted molar refractivity (Wildman–Crippen MR) is 55.4 cm³/mol. The SMILES string of the molecule is CC(C)Cc1ccc(C(=O)C(F)(F)F)cc1. The second-order valence-corrected chi connectivity index (χ2v) is 4.12. The minimum absolute atomic E-state index is 0.306.